The maximum Gasteiger partial charge on any atom is 0.289 e. The molecule has 0 unspecified atom stereocenters. The lowest BCUT2D eigenvalue weighted by Crippen LogP contribution is -2.24. The molecule has 170 valence electrons. The number of hydrogen-bond acceptors (Lipinski definition) is 4. The minimum absolute atomic E-state index is 0.0174. The third-order valence-electron chi connectivity index (χ3n) is 5.55. The number of rotatable bonds is 6. The number of alkyl halides is 4. The van der Waals surface area contributed by atoms with E-state index in [1.165, 1.54) is 32.2 Å². The first kappa shape index (κ1) is 22.1. The summed E-state index contributed by atoms with van der Waals surface area (Å²) in [6, 6.07) is 1.86. The summed E-state index contributed by atoms with van der Waals surface area (Å²) >= 11 is 0. The molecule has 11 heteroatoms. The summed E-state index contributed by atoms with van der Waals surface area (Å²) in [5.74, 6) is -3.24. The van der Waals surface area contributed by atoms with Crippen LogP contribution in [0.3, 0.4) is 0 Å². The number of hydrogen-bond donors (Lipinski definition) is 1. The molecule has 32 heavy (non-hydrogen) atoms. The van der Waals surface area contributed by atoms with E-state index >= 15 is 0 Å². The maximum atomic E-state index is 14.8. The number of aromatic nitrogens is 3. The molecule has 3 aromatic rings. The van der Waals surface area contributed by atoms with E-state index in [0.717, 1.165) is 10.6 Å². The van der Waals surface area contributed by atoms with Crippen molar-refractivity contribution in [1.82, 2.24) is 14.5 Å². The molecule has 4 rings (SSSR count). The Balaban J connectivity index is 1.79. The molecule has 0 radical (unpaired) electrons. The molecule has 3 atom stereocenters. The Morgan fingerprint density at radius 2 is 1.78 bits per heavy atom. The molecule has 0 spiro atoms. The summed E-state index contributed by atoms with van der Waals surface area (Å²) in [6.07, 6.45) is -4.43. The highest BCUT2D eigenvalue weighted by Gasteiger charge is 2.46. The van der Waals surface area contributed by atoms with Gasteiger partial charge in [0.15, 0.2) is 0 Å². The lowest BCUT2D eigenvalue weighted by atomic mass is 10.0. The van der Waals surface area contributed by atoms with Crippen LogP contribution in [0.2, 0.25) is 0 Å². The number of pyridine rings is 1. The molecule has 2 heterocycles. The predicted octanol–water partition coefficient (Wildman–Crippen LogP) is 5.31. The van der Waals surface area contributed by atoms with Crippen LogP contribution in [0, 0.1) is 24.5 Å². The third kappa shape index (κ3) is 3.80. The number of halogens is 6. The van der Waals surface area contributed by atoms with Gasteiger partial charge in [0, 0.05) is 23.7 Å². The first-order chi connectivity index (χ1) is 15.1. The van der Waals surface area contributed by atoms with E-state index in [1.807, 2.05) is 0 Å². The smallest absolute Gasteiger partial charge is 0.289 e. The van der Waals surface area contributed by atoms with Crippen LogP contribution >= 0.6 is 0 Å². The molecule has 0 bridgehead atoms. The number of nitrogens with one attached hydrogen (secondary N) is 1. The van der Waals surface area contributed by atoms with E-state index in [0.29, 0.717) is 0 Å². The summed E-state index contributed by atoms with van der Waals surface area (Å²) in [4.78, 5) is 20.5. The van der Waals surface area contributed by atoms with Crippen molar-refractivity contribution in [2.24, 2.45) is 5.92 Å². The minimum Gasteiger partial charge on any atom is -0.363 e. The summed E-state index contributed by atoms with van der Waals surface area (Å²) in [5, 5.41) is 2.88. The molecule has 1 fully saturated rings. The van der Waals surface area contributed by atoms with Gasteiger partial charge in [0.2, 0.25) is 12.2 Å². The molecule has 1 aliphatic carbocycles. The van der Waals surface area contributed by atoms with Crippen molar-refractivity contribution in [3.8, 4) is 0 Å². The highest BCUT2D eigenvalue weighted by molar-refractivity contribution is 5.89. The van der Waals surface area contributed by atoms with Crippen LogP contribution in [-0.2, 0) is 0 Å². The van der Waals surface area contributed by atoms with Crippen molar-refractivity contribution >= 4 is 16.7 Å². The molecule has 1 aromatic carbocycles. The summed E-state index contributed by atoms with van der Waals surface area (Å²) in [6.45, 7) is 2.95. The first-order valence-electron chi connectivity index (χ1n) is 9.80. The summed E-state index contributed by atoms with van der Waals surface area (Å²) in [5.41, 5.74) is -2.21. The van der Waals surface area contributed by atoms with Crippen LogP contribution < -0.4 is 10.9 Å². The Labute approximate surface area is 178 Å². The molecule has 0 amide bonds. The Bertz CT molecular complexity index is 1250. The van der Waals surface area contributed by atoms with Gasteiger partial charge in [-0.1, -0.05) is 18.2 Å². The average Bonchev–Trinajstić information content (AvgIpc) is 3.52. The normalized spacial score (nSPS) is 19.1. The van der Waals surface area contributed by atoms with E-state index < -0.39 is 53.6 Å². The zero-order chi connectivity index (χ0) is 23.3. The van der Waals surface area contributed by atoms with Crippen molar-refractivity contribution in [1.29, 1.82) is 0 Å². The van der Waals surface area contributed by atoms with E-state index in [9.17, 15) is 31.1 Å². The topological polar surface area (TPSA) is 59.8 Å². The number of nitrogens with zero attached hydrogens (tertiary/aromatic N) is 3. The fourth-order valence-corrected chi connectivity index (χ4v) is 3.78. The Kier molecular flexibility index (Phi) is 5.59. The summed E-state index contributed by atoms with van der Waals surface area (Å²) in [7, 11) is 0. The van der Waals surface area contributed by atoms with Crippen molar-refractivity contribution in [2.45, 2.75) is 45.2 Å². The van der Waals surface area contributed by atoms with E-state index in [4.69, 9.17) is 0 Å². The van der Waals surface area contributed by atoms with Crippen molar-refractivity contribution in [3.63, 3.8) is 0 Å². The molecular formula is C21H18F6N4O. The zero-order valence-corrected chi connectivity index (χ0v) is 16.9. The Morgan fingerprint density at radius 3 is 2.41 bits per heavy atom. The molecular weight excluding hydrogens is 438 g/mol. The third-order valence-corrected chi connectivity index (χ3v) is 5.55. The molecule has 1 N–H and O–H groups in total. The predicted molar refractivity (Wildman–Crippen MR) is 105 cm³/mol. The van der Waals surface area contributed by atoms with Crippen LogP contribution in [0.15, 0.2) is 29.2 Å². The SMILES string of the molecule is Cc1nc(N[C@H](C)c2cccc(C(F)F)c2F)c2cn([C@H]3C[C@@H]3C(F)F)c(=O)c(F)c2n1. The second-order valence-electron chi connectivity index (χ2n) is 7.76. The van der Waals surface area contributed by atoms with Gasteiger partial charge in [-0.15, -0.1) is 0 Å². The van der Waals surface area contributed by atoms with Gasteiger partial charge in [-0.2, -0.15) is 4.39 Å². The molecule has 0 aliphatic heterocycles. The van der Waals surface area contributed by atoms with Gasteiger partial charge < -0.3 is 9.88 Å². The second-order valence-corrected chi connectivity index (χ2v) is 7.76. The number of benzene rings is 1. The van der Waals surface area contributed by atoms with Crippen LogP contribution in [-0.4, -0.2) is 21.0 Å². The number of fused-ring (bicyclic) bond motifs is 1. The molecule has 5 nitrogen and oxygen atoms in total. The van der Waals surface area contributed by atoms with E-state index in [-0.39, 0.29) is 34.5 Å². The molecule has 0 saturated heterocycles. The maximum absolute atomic E-state index is 14.8. The fourth-order valence-electron chi connectivity index (χ4n) is 3.78. The van der Waals surface area contributed by atoms with Crippen LogP contribution in [0.4, 0.5) is 32.2 Å². The highest BCUT2D eigenvalue weighted by Crippen LogP contribution is 2.47. The first-order valence-corrected chi connectivity index (χ1v) is 9.80. The molecule has 2 aromatic heterocycles. The number of anilines is 1. The second kappa shape index (κ2) is 8.10. The van der Waals surface area contributed by atoms with Crippen LogP contribution in [0.5, 0.6) is 0 Å². The van der Waals surface area contributed by atoms with Gasteiger partial charge in [-0.3, -0.25) is 4.79 Å². The quantitative estimate of drug-likeness (QED) is 0.511. The van der Waals surface area contributed by atoms with Gasteiger partial charge in [0.25, 0.3) is 12.0 Å². The lowest BCUT2D eigenvalue weighted by Gasteiger charge is -2.19. The van der Waals surface area contributed by atoms with Crippen molar-refractivity contribution in [3.05, 3.63) is 63.3 Å². The minimum atomic E-state index is -3.01. The van der Waals surface area contributed by atoms with Crippen LogP contribution in [0.1, 0.15) is 48.8 Å². The van der Waals surface area contributed by atoms with Gasteiger partial charge in [-0.05, 0) is 20.3 Å². The standard InChI is InChI=1S/C21H18F6N4O/c1-8(10-4-3-5-11(15(10)22)18(24)25)28-20-13-7-31(14-6-12(14)19(26)27)21(32)16(23)17(13)29-9(2)30-20/h3-5,7-8,12,14,18-19H,6H2,1-2H3,(H,28,29,30)/t8-,12+,14+/m1/s1. The Hall–Kier alpha value is -3.11. The zero-order valence-electron chi connectivity index (χ0n) is 16.9. The lowest BCUT2D eigenvalue weighted by molar-refractivity contribution is 0.116. The van der Waals surface area contributed by atoms with Gasteiger partial charge >= 0.3 is 0 Å². The van der Waals surface area contributed by atoms with Crippen LogP contribution in [0.25, 0.3) is 10.9 Å². The highest BCUT2D eigenvalue weighted by atomic mass is 19.3. The molecule has 1 saturated carbocycles. The Morgan fingerprint density at radius 1 is 1.09 bits per heavy atom. The number of aryl methyl sites for hydroxylation is 1. The van der Waals surface area contributed by atoms with Gasteiger partial charge in [0.1, 0.15) is 23.0 Å². The largest absolute Gasteiger partial charge is 0.363 e. The fraction of sp³-hybridized carbons (Fsp3) is 0.381. The molecule has 1 aliphatic rings. The van der Waals surface area contributed by atoms with E-state index in [1.54, 1.807) is 0 Å². The van der Waals surface area contributed by atoms with Gasteiger partial charge in [0.05, 0.1) is 17.0 Å². The van der Waals surface area contributed by atoms with E-state index in [2.05, 4.69) is 15.3 Å². The van der Waals surface area contributed by atoms with Crippen molar-refractivity contribution in [2.75, 3.05) is 5.32 Å². The summed E-state index contributed by atoms with van der Waals surface area (Å²) < 4.78 is 82.3. The van der Waals surface area contributed by atoms with Gasteiger partial charge in [-0.25, -0.2) is 31.9 Å². The monoisotopic (exact) mass is 456 g/mol. The van der Waals surface area contributed by atoms with Crippen molar-refractivity contribution < 1.29 is 26.3 Å². The average molecular weight is 456 g/mol.